The molecule has 0 fully saturated rings. The van der Waals surface area contributed by atoms with Gasteiger partial charge >= 0.3 is 0 Å². The van der Waals surface area contributed by atoms with Crippen LogP contribution in [0.3, 0.4) is 0 Å². The lowest BCUT2D eigenvalue weighted by Crippen LogP contribution is -1.85. The van der Waals surface area contributed by atoms with E-state index in [4.69, 9.17) is 5.11 Å². The van der Waals surface area contributed by atoms with E-state index in [2.05, 4.69) is 42.6 Å². The zero-order chi connectivity index (χ0) is 10.7. The Labute approximate surface area is 94.0 Å². The summed E-state index contributed by atoms with van der Waals surface area (Å²) in [6, 6.07) is 10.7. The molecule has 2 heteroatoms. The number of hydrogen-bond donors (Lipinski definition) is 1. The van der Waals surface area contributed by atoms with Crippen LogP contribution >= 0.6 is 11.3 Å². The largest absolute Gasteiger partial charge is 0.396 e. The Kier molecular flexibility index (Phi) is 3.19. The summed E-state index contributed by atoms with van der Waals surface area (Å²) in [7, 11) is 0. The van der Waals surface area contributed by atoms with Crippen molar-refractivity contribution >= 4 is 11.3 Å². The first kappa shape index (κ1) is 10.4. The van der Waals surface area contributed by atoms with Gasteiger partial charge in [-0.25, -0.2) is 0 Å². The lowest BCUT2D eigenvalue weighted by Gasteiger charge is -1.97. The van der Waals surface area contributed by atoms with Crippen LogP contribution in [-0.4, -0.2) is 11.7 Å². The maximum absolute atomic E-state index is 8.84. The fraction of sp³-hybridized carbons (Fsp3) is 0.231. The number of aliphatic hydroxyl groups excluding tert-OH is 1. The van der Waals surface area contributed by atoms with Gasteiger partial charge in [0.15, 0.2) is 0 Å². The number of hydrogen-bond acceptors (Lipinski definition) is 2. The Balaban J connectivity index is 2.25. The molecule has 1 N–H and O–H groups in total. The maximum Gasteiger partial charge on any atom is 0.0479 e. The second-order valence-electron chi connectivity index (χ2n) is 3.64. The number of aliphatic hydroxyl groups is 1. The molecule has 0 bridgehead atoms. The number of rotatable bonds is 3. The van der Waals surface area contributed by atoms with Gasteiger partial charge in [-0.15, -0.1) is 11.3 Å². The van der Waals surface area contributed by atoms with Crippen LogP contribution in [0.5, 0.6) is 0 Å². The first-order chi connectivity index (χ1) is 7.29. The summed E-state index contributed by atoms with van der Waals surface area (Å²) >= 11 is 1.71. The lowest BCUT2D eigenvalue weighted by atomic mass is 10.1. The van der Waals surface area contributed by atoms with Crippen molar-refractivity contribution in [3.63, 3.8) is 0 Å². The molecule has 0 aliphatic carbocycles. The van der Waals surface area contributed by atoms with Gasteiger partial charge < -0.3 is 5.11 Å². The van der Waals surface area contributed by atoms with E-state index in [1.165, 1.54) is 21.6 Å². The molecule has 1 nitrogen and oxygen atoms in total. The van der Waals surface area contributed by atoms with Crippen molar-refractivity contribution in [2.24, 2.45) is 0 Å². The van der Waals surface area contributed by atoms with E-state index in [-0.39, 0.29) is 6.61 Å². The SMILES string of the molecule is Cc1ccc(-c2csc(CCO)c2)cc1. The molecule has 1 aromatic heterocycles. The zero-order valence-electron chi connectivity index (χ0n) is 8.73. The van der Waals surface area contributed by atoms with E-state index in [1.807, 2.05) is 0 Å². The van der Waals surface area contributed by atoms with Crippen molar-refractivity contribution in [1.29, 1.82) is 0 Å². The summed E-state index contributed by atoms with van der Waals surface area (Å²) < 4.78 is 0. The molecule has 0 amide bonds. The summed E-state index contributed by atoms with van der Waals surface area (Å²) in [6.45, 7) is 2.32. The van der Waals surface area contributed by atoms with E-state index in [0.29, 0.717) is 0 Å². The minimum atomic E-state index is 0.230. The molecule has 2 rings (SSSR count). The molecule has 0 aliphatic heterocycles. The topological polar surface area (TPSA) is 20.2 Å². The van der Waals surface area contributed by atoms with Crippen LogP contribution in [0.2, 0.25) is 0 Å². The summed E-state index contributed by atoms with van der Waals surface area (Å²) in [4.78, 5) is 1.24. The monoisotopic (exact) mass is 218 g/mol. The molecular formula is C13H14OS. The normalized spacial score (nSPS) is 10.5. The van der Waals surface area contributed by atoms with Crippen molar-refractivity contribution < 1.29 is 5.11 Å². The average molecular weight is 218 g/mol. The third kappa shape index (κ3) is 2.46. The predicted molar refractivity (Wildman–Crippen MR) is 65.3 cm³/mol. The van der Waals surface area contributed by atoms with Crippen LogP contribution in [0.4, 0.5) is 0 Å². The Morgan fingerprint density at radius 2 is 1.87 bits per heavy atom. The molecule has 0 aliphatic rings. The first-order valence-electron chi connectivity index (χ1n) is 5.05. The highest BCUT2D eigenvalue weighted by Gasteiger charge is 2.01. The summed E-state index contributed by atoms with van der Waals surface area (Å²) in [5.41, 5.74) is 3.79. The fourth-order valence-corrected chi connectivity index (χ4v) is 2.41. The summed E-state index contributed by atoms with van der Waals surface area (Å²) in [5.74, 6) is 0. The highest BCUT2D eigenvalue weighted by Crippen LogP contribution is 2.25. The fourth-order valence-electron chi connectivity index (χ4n) is 1.52. The minimum Gasteiger partial charge on any atom is -0.396 e. The van der Waals surface area contributed by atoms with Crippen LogP contribution in [-0.2, 0) is 6.42 Å². The quantitative estimate of drug-likeness (QED) is 0.838. The highest BCUT2D eigenvalue weighted by atomic mass is 32.1. The van der Waals surface area contributed by atoms with Crippen molar-refractivity contribution in [3.8, 4) is 11.1 Å². The molecule has 1 heterocycles. The van der Waals surface area contributed by atoms with Crippen LogP contribution < -0.4 is 0 Å². The van der Waals surface area contributed by atoms with Gasteiger partial charge in [-0.2, -0.15) is 0 Å². The molecule has 2 aromatic rings. The molecule has 15 heavy (non-hydrogen) atoms. The smallest absolute Gasteiger partial charge is 0.0479 e. The summed E-state index contributed by atoms with van der Waals surface area (Å²) in [5, 5.41) is 11.0. The van der Waals surface area contributed by atoms with Crippen LogP contribution in [0, 0.1) is 6.92 Å². The van der Waals surface area contributed by atoms with Crippen LogP contribution in [0.1, 0.15) is 10.4 Å². The number of benzene rings is 1. The van der Waals surface area contributed by atoms with Gasteiger partial charge in [-0.05, 0) is 29.5 Å². The van der Waals surface area contributed by atoms with Crippen LogP contribution in [0.25, 0.3) is 11.1 Å². The highest BCUT2D eigenvalue weighted by molar-refractivity contribution is 7.10. The van der Waals surface area contributed by atoms with Gasteiger partial charge in [-0.1, -0.05) is 29.8 Å². The first-order valence-corrected chi connectivity index (χ1v) is 5.93. The van der Waals surface area contributed by atoms with Gasteiger partial charge in [0.25, 0.3) is 0 Å². The van der Waals surface area contributed by atoms with Gasteiger partial charge in [0.1, 0.15) is 0 Å². The second-order valence-corrected chi connectivity index (χ2v) is 4.64. The lowest BCUT2D eigenvalue weighted by molar-refractivity contribution is 0.300. The average Bonchev–Trinajstić information content (AvgIpc) is 2.68. The number of thiophene rings is 1. The molecule has 0 saturated carbocycles. The van der Waals surface area contributed by atoms with Gasteiger partial charge in [0, 0.05) is 17.9 Å². The van der Waals surface area contributed by atoms with Crippen molar-refractivity contribution in [3.05, 3.63) is 46.2 Å². The summed E-state index contributed by atoms with van der Waals surface area (Å²) in [6.07, 6.45) is 0.760. The Hall–Kier alpha value is -1.12. The van der Waals surface area contributed by atoms with Crippen molar-refractivity contribution in [2.75, 3.05) is 6.61 Å². The van der Waals surface area contributed by atoms with E-state index in [0.717, 1.165) is 6.42 Å². The van der Waals surface area contributed by atoms with Gasteiger partial charge in [0.05, 0.1) is 0 Å². The molecule has 0 atom stereocenters. The zero-order valence-corrected chi connectivity index (χ0v) is 9.55. The van der Waals surface area contributed by atoms with E-state index >= 15 is 0 Å². The third-order valence-corrected chi connectivity index (χ3v) is 3.39. The van der Waals surface area contributed by atoms with Gasteiger partial charge in [0.2, 0.25) is 0 Å². The standard InChI is InChI=1S/C13H14OS/c1-10-2-4-11(5-3-10)12-8-13(6-7-14)15-9-12/h2-5,8-9,14H,6-7H2,1H3. The molecular weight excluding hydrogens is 204 g/mol. The van der Waals surface area contributed by atoms with Gasteiger partial charge in [-0.3, -0.25) is 0 Å². The molecule has 0 radical (unpaired) electrons. The van der Waals surface area contributed by atoms with E-state index in [1.54, 1.807) is 11.3 Å². The van der Waals surface area contributed by atoms with Crippen molar-refractivity contribution in [1.82, 2.24) is 0 Å². The molecule has 1 aromatic carbocycles. The number of aryl methyl sites for hydroxylation is 1. The van der Waals surface area contributed by atoms with Crippen molar-refractivity contribution in [2.45, 2.75) is 13.3 Å². The third-order valence-electron chi connectivity index (χ3n) is 2.40. The van der Waals surface area contributed by atoms with E-state index < -0.39 is 0 Å². The minimum absolute atomic E-state index is 0.230. The van der Waals surface area contributed by atoms with Crippen LogP contribution in [0.15, 0.2) is 35.7 Å². The molecule has 0 spiro atoms. The second kappa shape index (κ2) is 4.60. The molecule has 0 unspecified atom stereocenters. The Morgan fingerprint density at radius 3 is 2.53 bits per heavy atom. The Morgan fingerprint density at radius 1 is 1.13 bits per heavy atom. The molecule has 78 valence electrons. The van der Waals surface area contributed by atoms with E-state index in [9.17, 15) is 0 Å². The Bertz CT molecular complexity index is 428. The molecule has 0 saturated heterocycles. The predicted octanol–water partition coefficient (Wildman–Crippen LogP) is 3.26. The maximum atomic E-state index is 8.84.